The monoisotopic (exact) mass is 321 g/mol. The number of hydrogen-bond donors (Lipinski definition) is 1. The summed E-state index contributed by atoms with van der Waals surface area (Å²) in [6.45, 7) is 8.17. The number of aromatic amines is 1. The molecule has 4 heteroatoms. The van der Waals surface area contributed by atoms with Gasteiger partial charge in [-0.2, -0.15) is 0 Å². The van der Waals surface area contributed by atoms with Gasteiger partial charge in [-0.15, -0.1) is 0 Å². The number of H-pyrrole nitrogens is 1. The normalized spacial score (nSPS) is 12.4. The Bertz CT molecular complexity index is 896. The molecule has 1 amide bonds. The van der Waals surface area contributed by atoms with E-state index in [1.54, 1.807) is 17.3 Å². The number of carbonyl (C=O) groups is 1. The minimum atomic E-state index is -0.0418. The van der Waals surface area contributed by atoms with Gasteiger partial charge in [-0.3, -0.25) is 9.78 Å². The molecule has 4 nitrogen and oxygen atoms in total. The number of aryl methyl sites for hydroxylation is 3. The van der Waals surface area contributed by atoms with E-state index in [0.717, 1.165) is 27.6 Å². The molecular formula is C20H23N3O. The van der Waals surface area contributed by atoms with Crippen LogP contribution in [-0.4, -0.2) is 27.8 Å². The van der Waals surface area contributed by atoms with E-state index >= 15 is 0 Å². The van der Waals surface area contributed by atoms with E-state index < -0.39 is 0 Å². The molecule has 1 atom stereocenters. The quantitative estimate of drug-likeness (QED) is 0.781. The van der Waals surface area contributed by atoms with Gasteiger partial charge < -0.3 is 9.88 Å². The summed E-state index contributed by atoms with van der Waals surface area (Å²) in [4.78, 5) is 22.3. The molecule has 0 saturated carbocycles. The number of pyridine rings is 1. The molecule has 0 aliphatic heterocycles. The molecule has 124 valence electrons. The van der Waals surface area contributed by atoms with Crippen molar-refractivity contribution in [1.82, 2.24) is 14.9 Å². The van der Waals surface area contributed by atoms with Crippen molar-refractivity contribution in [1.29, 1.82) is 0 Å². The van der Waals surface area contributed by atoms with Gasteiger partial charge in [0.1, 0.15) is 5.69 Å². The highest BCUT2D eigenvalue weighted by molar-refractivity contribution is 6.01. The molecule has 0 bridgehead atoms. The molecule has 0 saturated heterocycles. The first-order chi connectivity index (χ1) is 11.4. The Hall–Kier alpha value is -2.62. The Labute approximate surface area is 142 Å². The van der Waals surface area contributed by atoms with Gasteiger partial charge in [0, 0.05) is 30.3 Å². The second-order valence-corrected chi connectivity index (χ2v) is 6.51. The van der Waals surface area contributed by atoms with Gasteiger partial charge in [-0.1, -0.05) is 17.7 Å². The van der Waals surface area contributed by atoms with Crippen LogP contribution in [-0.2, 0) is 0 Å². The molecule has 0 fully saturated rings. The van der Waals surface area contributed by atoms with Crippen LogP contribution in [0.1, 0.15) is 45.7 Å². The summed E-state index contributed by atoms with van der Waals surface area (Å²) in [5.74, 6) is -0.00268. The van der Waals surface area contributed by atoms with Crippen molar-refractivity contribution >= 4 is 16.8 Å². The maximum atomic E-state index is 13.0. The zero-order valence-electron chi connectivity index (χ0n) is 14.8. The smallest absolute Gasteiger partial charge is 0.270 e. The van der Waals surface area contributed by atoms with Crippen LogP contribution in [0.3, 0.4) is 0 Å². The van der Waals surface area contributed by atoms with E-state index in [1.165, 1.54) is 5.56 Å². The maximum absolute atomic E-state index is 13.0. The van der Waals surface area contributed by atoms with Crippen molar-refractivity contribution in [3.63, 3.8) is 0 Å². The first kappa shape index (κ1) is 16.2. The molecule has 24 heavy (non-hydrogen) atoms. The standard InChI is InChI=1S/C20H23N3O/c1-12-9-13(2)18-17(10-12)14(3)19(22-18)20(24)23(5)15(4)16-7-6-8-21-11-16/h6-11,15,22H,1-5H3. The molecule has 0 spiro atoms. The minimum absolute atomic E-state index is 0.00268. The fourth-order valence-electron chi connectivity index (χ4n) is 3.20. The highest BCUT2D eigenvalue weighted by Crippen LogP contribution is 2.28. The minimum Gasteiger partial charge on any atom is -0.350 e. The van der Waals surface area contributed by atoms with Gasteiger partial charge in [0.15, 0.2) is 0 Å². The summed E-state index contributed by atoms with van der Waals surface area (Å²) in [5, 5.41) is 1.12. The van der Waals surface area contributed by atoms with Crippen LogP contribution in [0.4, 0.5) is 0 Å². The first-order valence-electron chi connectivity index (χ1n) is 8.16. The van der Waals surface area contributed by atoms with Crippen LogP contribution < -0.4 is 0 Å². The average Bonchev–Trinajstić information content (AvgIpc) is 2.91. The Morgan fingerprint density at radius 2 is 2.00 bits per heavy atom. The largest absolute Gasteiger partial charge is 0.350 e. The Balaban J connectivity index is 1.99. The van der Waals surface area contributed by atoms with Crippen LogP contribution in [0.5, 0.6) is 0 Å². The van der Waals surface area contributed by atoms with E-state index in [1.807, 2.05) is 33.0 Å². The molecule has 0 radical (unpaired) electrons. The highest BCUT2D eigenvalue weighted by atomic mass is 16.2. The van der Waals surface area contributed by atoms with Crippen LogP contribution in [0, 0.1) is 20.8 Å². The lowest BCUT2D eigenvalue weighted by Gasteiger charge is -2.25. The number of nitrogens with zero attached hydrogens (tertiary/aromatic N) is 2. The first-order valence-corrected chi connectivity index (χ1v) is 8.16. The van der Waals surface area contributed by atoms with Gasteiger partial charge in [0.2, 0.25) is 0 Å². The molecule has 1 N–H and O–H groups in total. The van der Waals surface area contributed by atoms with Crippen LogP contribution in [0.2, 0.25) is 0 Å². The summed E-state index contributed by atoms with van der Waals surface area (Å²) < 4.78 is 0. The van der Waals surface area contributed by atoms with Gasteiger partial charge in [-0.25, -0.2) is 0 Å². The number of fused-ring (bicyclic) bond motifs is 1. The SMILES string of the molecule is Cc1cc(C)c2[nH]c(C(=O)N(C)C(C)c3cccnc3)c(C)c2c1. The summed E-state index contributed by atoms with van der Waals surface area (Å²) in [6, 6.07) is 8.11. The van der Waals surface area contributed by atoms with Crippen molar-refractivity contribution in [3.8, 4) is 0 Å². The van der Waals surface area contributed by atoms with Gasteiger partial charge >= 0.3 is 0 Å². The fourth-order valence-corrected chi connectivity index (χ4v) is 3.20. The molecule has 0 aliphatic carbocycles. The topological polar surface area (TPSA) is 49.0 Å². The summed E-state index contributed by atoms with van der Waals surface area (Å²) in [7, 11) is 1.84. The van der Waals surface area contributed by atoms with E-state index in [2.05, 4.69) is 35.9 Å². The Kier molecular flexibility index (Phi) is 4.14. The van der Waals surface area contributed by atoms with Gasteiger partial charge in [0.05, 0.1) is 6.04 Å². The molecule has 3 rings (SSSR count). The number of benzene rings is 1. The van der Waals surface area contributed by atoms with Crippen molar-refractivity contribution in [2.45, 2.75) is 33.7 Å². The predicted octanol–water partition coefficient (Wildman–Crippen LogP) is 4.32. The second kappa shape index (κ2) is 6.11. The zero-order chi connectivity index (χ0) is 17.4. The van der Waals surface area contributed by atoms with E-state index in [4.69, 9.17) is 0 Å². The number of amides is 1. The lowest BCUT2D eigenvalue weighted by atomic mass is 10.0. The van der Waals surface area contributed by atoms with Crippen molar-refractivity contribution in [2.24, 2.45) is 0 Å². The molecular weight excluding hydrogens is 298 g/mol. The third-order valence-electron chi connectivity index (χ3n) is 4.79. The van der Waals surface area contributed by atoms with Crippen molar-refractivity contribution in [2.75, 3.05) is 7.05 Å². The molecule has 2 aromatic heterocycles. The lowest BCUT2D eigenvalue weighted by Crippen LogP contribution is -2.30. The second-order valence-electron chi connectivity index (χ2n) is 6.51. The average molecular weight is 321 g/mol. The number of hydrogen-bond acceptors (Lipinski definition) is 2. The zero-order valence-corrected chi connectivity index (χ0v) is 14.8. The summed E-state index contributed by atoms with van der Waals surface area (Å²) in [6.07, 6.45) is 3.55. The maximum Gasteiger partial charge on any atom is 0.270 e. The number of carbonyl (C=O) groups excluding carboxylic acids is 1. The Morgan fingerprint density at radius 1 is 1.25 bits per heavy atom. The number of aromatic nitrogens is 2. The molecule has 2 heterocycles. The van der Waals surface area contributed by atoms with E-state index in [-0.39, 0.29) is 11.9 Å². The third kappa shape index (κ3) is 2.68. The Morgan fingerprint density at radius 3 is 2.67 bits per heavy atom. The third-order valence-corrected chi connectivity index (χ3v) is 4.79. The van der Waals surface area contributed by atoms with Crippen LogP contribution in [0.15, 0.2) is 36.7 Å². The van der Waals surface area contributed by atoms with Crippen molar-refractivity contribution in [3.05, 3.63) is 64.6 Å². The van der Waals surface area contributed by atoms with Crippen LogP contribution in [0.25, 0.3) is 10.9 Å². The predicted molar refractivity (Wildman–Crippen MR) is 97.3 cm³/mol. The highest BCUT2D eigenvalue weighted by Gasteiger charge is 2.23. The molecule has 0 aliphatic rings. The van der Waals surface area contributed by atoms with Crippen LogP contribution >= 0.6 is 0 Å². The number of rotatable bonds is 3. The van der Waals surface area contributed by atoms with E-state index in [9.17, 15) is 4.79 Å². The molecule has 1 unspecified atom stereocenters. The van der Waals surface area contributed by atoms with Crippen molar-refractivity contribution < 1.29 is 4.79 Å². The summed E-state index contributed by atoms with van der Waals surface area (Å²) in [5.41, 5.74) is 6.11. The summed E-state index contributed by atoms with van der Waals surface area (Å²) >= 11 is 0. The number of nitrogens with one attached hydrogen (secondary N) is 1. The molecule has 3 aromatic rings. The van der Waals surface area contributed by atoms with Gasteiger partial charge in [-0.05, 0) is 56.5 Å². The molecule has 1 aromatic carbocycles. The lowest BCUT2D eigenvalue weighted by molar-refractivity contribution is 0.0736. The van der Waals surface area contributed by atoms with Gasteiger partial charge in [0.25, 0.3) is 5.91 Å². The fraction of sp³-hybridized carbons (Fsp3) is 0.300. The van der Waals surface area contributed by atoms with E-state index in [0.29, 0.717) is 5.69 Å².